The molecule has 104 valence electrons. The molecule has 5 atom stereocenters. The summed E-state index contributed by atoms with van der Waals surface area (Å²) in [5.74, 6) is 1.97. The van der Waals surface area contributed by atoms with Gasteiger partial charge in [0.15, 0.2) is 0 Å². The lowest BCUT2D eigenvalue weighted by Crippen LogP contribution is -2.53. The van der Waals surface area contributed by atoms with Crippen LogP contribution in [-0.2, 0) is 0 Å². The van der Waals surface area contributed by atoms with Gasteiger partial charge in [-0.3, -0.25) is 0 Å². The molecule has 3 rings (SSSR count). The first-order valence-corrected chi connectivity index (χ1v) is 8.22. The van der Waals surface area contributed by atoms with Crippen LogP contribution in [0.1, 0.15) is 72.6 Å². The van der Waals surface area contributed by atoms with Gasteiger partial charge in [-0.2, -0.15) is 0 Å². The fourth-order valence-corrected chi connectivity index (χ4v) is 5.55. The van der Waals surface area contributed by atoms with Crippen LogP contribution in [0.25, 0.3) is 0 Å². The van der Waals surface area contributed by atoms with Crippen LogP contribution in [0.4, 0.5) is 0 Å². The zero-order valence-electron chi connectivity index (χ0n) is 12.8. The van der Waals surface area contributed by atoms with Gasteiger partial charge in [0, 0.05) is 12.1 Å². The second-order valence-electron chi connectivity index (χ2n) is 8.30. The van der Waals surface area contributed by atoms with Crippen molar-refractivity contribution in [3.63, 3.8) is 0 Å². The summed E-state index contributed by atoms with van der Waals surface area (Å²) in [7, 11) is 0. The number of fused-ring (bicyclic) bond motifs is 2. The van der Waals surface area contributed by atoms with E-state index in [0.29, 0.717) is 10.8 Å². The van der Waals surface area contributed by atoms with Gasteiger partial charge in [0.05, 0.1) is 0 Å². The number of hydrogen-bond acceptors (Lipinski definition) is 1. The Balaban J connectivity index is 1.69. The van der Waals surface area contributed by atoms with Crippen LogP contribution in [0.15, 0.2) is 0 Å². The quantitative estimate of drug-likeness (QED) is 0.783. The van der Waals surface area contributed by atoms with Crippen LogP contribution in [0, 0.1) is 22.7 Å². The Hall–Kier alpha value is -0.0400. The fourth-order valence-electron chi connectivity index (χ4n) is 5.55. The highest BCUT2D eigenvalue weighted by Gasteiger charge is 2.59. The Labute approximate surface area is 113 Å². The van der Waals surface area contributed by atoms with E-state index in [1.807, 2.05) is 0 Å². The van der Waals surface area contributed by atoms with Crippen LogP contribution in [0.5, 0.6) is 0 Å². The first-order chi connectivity index (χ1) is 8.45. The zero-order chi connectivity index (χ0) is 13.0. The molecule has 3 aliphatic carbocycles. The van der Waals surface area contributed by atoms with E-state index in [9.17, 15) is 0 Å². The van der Waals surface area contributed by atoms with Gasteiger partial charge >= 0.3 is 0 Å². The average Bonchev–Trinajstić information content (AvgIpc) is 2.95. The zero-order valence-corrected chi connectivity index (χ0v) is 12.8. The summed E-state index contributed by atoms with van der Waals surface area (Å²) < 4.78 is 0. The van der Waals surface area contributed by atoms with E-state index < -0.39 is 0 Å². The summed E-state index contributed by atoms with van der Waals surface area (Å²) in [5, 5.41) is 4.10. The summed E-state index contributed by atoms with van der Waals surface area (Å²) in [6, 6.07) is 1.58. The maximum atomic E-state index is 4.10. The van der Waals surface area contributed by atoms with Crippen molar-refractivity contribution in [3.05, 3.63) is 0 Å². The monoisotopic (exact) mass is 249 g/mol. The van der Waals surface area contributed by atoms with Gasteiger partial charge in [-0.15, -0.1) is 0 Å². The molecular formula is C17H31N. The summed E-state index contributed by atoms with van der Waals surface area (Å²) in [5.41, 5.74) is 1.12. The summed E-state index contributed by atoms with van der Waals surface area (Å²) in [6.45, 7) is 9.94. The van der Waals surface area contributed by atoms with E-state index in [1.54, 1.807) is 0 Å². The van der Waals surface area contributed by atoms with Gasteiger partial charge < -0.3 is 5.32 Å². The molecule has 0 aliphatic heterocycles. The SMILES string of the molecule is CCC1CCC(NC2C3(C)CCC(C3)C2(C)C)C1. The molecule has 0 saturated heterocycles. The highest BCUT2D eigenvalue weighted by molar-refractivity contribution is 5.12. The molecule has 0 aromatic heterocycles. The second kappa shape index (κ2) is 4.23. The first kappa shape index (κ1) is 13.0. The van der Waals surface area contributed by atoms with E-state index >= 15 is 0 Å². The molecule has 18 heavy (non-hydrogen) atoms. The van der Waals surface area contributed by atoms with E-state index in [-0.39, 0.29) is 0 Å². The Kier molecular flexibility index (Phi) is 3.05. The number of hydrogen-bond donors (Lipinski definition) is 1. The average molecular weight is 249 g/mol. The van der Waals surface area contributed by atoms with Crippen LogP contribution >= 0.6 is 0 Å². The summed E-state index contributed by atoms with van der Waals surface area (Å²) in [6.07, 6.45) is 10.1. The molecule has 5 unspecified atom stereocenters. The molecule has 3 fully saturated rings. The van der Waals surface area contributed by atoms with Crippen LogP contribution in [0.2, 0.25) is 0 Å². The topological polar surface area (TPSA) is 12.0 Å². The third-order valence-electron chi connectivity index (χ3n) is 6.79. The van der Waals surface area contributed by atoms with Crippen molar-refractivity contribution in [1.82, 2.24) is 5.32 Å². The Morgan fingerprint density at radius 2 is 1.89 bits per heavy atom. The maximum Gasteiger partial charge on any atom is 0.0177 e. The highest BCUT2D eigenvalue weighted by atomic mass is 15.0. The summed E-state index contributed by atoms with van der Waals surface area (Å²) >= 11 is 0. The molecule has 0 aromatic rings. The van der Waals surface area contributed by atoms with Crippen LogP contribution in [-0.4, -0.2) is 12.1 Å². The van der Waals surface area contributed by atoms with Crippen LogP contribution in [0.3, 0.4) is 0 Å². The van der Waals surface area contributed by atoms with Gasteiger partial charge in [0.25, 0.3) is 0 Å². The van der Waals surface area contributed by atoms with Crippen LogP contribution < -0.4 is 5.32 Å². The molecule has 1 N–H and O–H groups in total. The normalized spacial score (nSPS) is 50.0. The Bertz CT molecular complexity index is 317. The molecule has 0 radical (unpaired) electrons. The van der Waals surface area contributed by atoms with E-state index in [1.165, 1.54) is 44.9 Å². The molecule has 0 spiro atoms. The third-order valence-corrected chi connectivity index (χ3v) is 6.79. The molecule has 1 nitrogen and oxygen atoms in total. The highest BCUT2D eigenvalue weighted by Crippen LogP contribution is 2.62. The minimum absolute atomic E-state index is 0.525. The standard InChI is InChI=1S/C17H31N/c1-5-12-6-7-14(10-12)18-15-16(2,3)13-8-9-17(15,4)11-13/h12-15,18H,5-11H2,1-4H3. The number of nitrogens with one attached hydrogen (secondary N) is 1. The summed E-state index contributed by atoms with van der Waals surface area (Å²) in [4.78, 5) is 0. The van der Waals surface area contributed by atoms with E-state index in [2.05, 4.69) is 33.0 Å². The maximum absolute atomic E-state index is 4.10. The molecule has 0 amide bonds. The van der Waals surface area contributed by atoms with Crippen molar-refractivity contribution in [1.29, 1.82) is 0 Å². The molecule has 2 bridgehead atoms. The van der Waals surface area contributed by atoms with Gasteiger partial charge in [-0.25, -0.2) is 0 Å². The number of rotatable bonds is 3. The lowest BCUT2D eigenvalue weighted by Gasteiger charge is -2.44. The second-order valence-corrected chi connectivity index (χ2v) is 8.30. The molecule has 0 heterocycles. The third kappa shape index (κ3) is 1.85. The van der Waals surface area contributed by atoms with Gasteiger partial charge in [-0.1, -0.05) is 34.1 Å². The minimum atomic E-state index is 0.525. The first-order valence-electron chi connectivity index (χ1n) is 8.22. The van der Waals surface area contributed by atoms with Crippen molar-refractivity contribution < 1.29 is 0 Å². The molecule has 1 heteroatoms. The van der Waals surface area contributed by atoms with E-state index in [4.69, 9.17) is 0 Å². The lowest BCUT2D eigenvalue weighted by molar-refractivity contribution is 0.0983. The predicted molar refractivity (Wildman–Crippen MR) is 77.6 cm³/mol. The van der Waals surface area contributed by atoms with E-state index in [0.717, 1.165) is 23.9 Å². The molecule has 0 aromatic carbocycles. The van der Waals surface area contributed by atoms with Crippen molar-refractivity contribution in [2.75, 3.05) is 0 Å². The Morgan fingerprint density at radius 1 is 1.11 bits per heavy atom. The van der Waals surface area contributed by atoms with Gasteiger partial charge in [0.1, 0.15) is 0 Å². The predicted octanol–water partition coefficient (Wildman–Crippen LogP) is 4.37. The fraction of sp³-hybridized carbons (Fsp3) is 1.00. The lowest BCUT2D eigenvalue weighted by atomic mass is 9.68. The Morgan fingerprint density at radius 3 is 2.44 bits per heavy atom. The molecule has 3 aliphatic rings. The van der Waals surface area contributed by atoms with Crippen molar-refractivity contribution >= 4 is 0 Å². The smallest absolute Gasteiger partial charge is 0.0177 e. The van der Waals surface area contributed by atoms with Crippen molar-refractivity contribution in [2.45, 2.75) is 84.7 Å². The largest absolute Gasteiger partial charge is 0.310 e. The molecular weight excluding hydrogens is 218 g/mol. The van der Waals surface area contributed by atoms with Crippen molar-refractivity contribution in [3.8, 4) is 0 Å². The van der Waals surface area contributed by atoms with Gasteiger partial charge in [0.2, 0.25) is 0 Å². The molecule has 3 saturated carbocycles. The van der Waals surface area contributed by atoms with Gasteiger partial charge in [-0.05, 0) is 61.2 Å². The minimum Gasteiger partial charge on any atom is -0.310 e. The van der Waals surface area contributed by atoms with Crippen molar-refractivity contribution in [2.24, 2.45) is 22.7 Å².